The van der Waals surface area contributed by atoms with Gasteiger partial charge in [-0.15, -0.1) is 0 Å². The first-order valence-corrected chi connectivity index (χ1v) is 15.4. The molecule has 0 aromatic carbocycles. The van der Waals surface area contributed by atoms with Crippen molar-refractivity contribution in [2.75, 3.05) is 13.2 Å². The SMILES string of the molecule is CCCCC(C)(C)CCCCCOC(=O)C1CCC(C(=O)OCCCCCC(C)(C)CCCC)CC1. The summed E-state index contributed by atoms with van der Waals surface area (Å²) in [5, 5.41) is 0. The summed E-state index contributed by atoms with van der Waals surface area (Å²) in [5.74, 6) is -0.213. The Kier molecular flexibility index (Phi) is 16.7. The highest BCUT2D eigenvalue weighted by Crippen LogP contribution is 2.32. The van der Waals surface area contributed by atoms with Gasteiger partial charge in [0.2, 0.25) is 0 Å². The lowest BCUT2D eigenvalue weighted by Crippen LogP contribution is -2.28. The summed E-state index contributed by atoms with van der Waals surface area (Å²) in [6.45, 7) is 15.0. The smallest absolute Gasteiger partial charge is 0.308 e. The van der Waals surface area contributed by atoms with E-state index < -0.39 is 0 Å². The van der Waals surface area contributed by atoms with E-state index in [1.165, 1.54) is 64.2 Å². The molecule has 4 nitrogen and oxygen atoms in total. The summed E-state index contributed by atoms with van der Waals surface area (Å²) in [6.07, 6.45) is 19.8. The van der Waals surface area contributed by atoms with Crippen LogP contribution in [-0.4, -0.2) is 25.2 Å². The molecular formula is C32H60O4. The van der Waals surface area contributed by atoms with Gasteiger partial charge in [-0.3, -0.25) is 9.59 Å². The van der Waals surface area contributed by atoms with Crippen LogP contribution in [-0.2, 0) is 19.1 Å². The second-order valence-corrected chi connectivity index (χ2v) is 13.0. The van der Waals surface area contributed by atoms with Gasteiger partial charge in [-0.1, -0.05) is 92.9 Å². The average molecular weight is 509 g/mol. The Morgan fingerprint density at radius 1 is 0.556 bits per heavy atom. The van der Waals surface area contributed by atoms with Crippen LogP contribution in [0.15, 0.2) is 0 Å². The van der Waals surface area contributed by atoms with Crippen LogP contribution in [0.1, 0.15) is 157 Å². The van der Waals surface area contributed by atoms with Gasteiger partial charge in [-0.25, -0.2) is 0 Å². The van der Waals surface area contributed by atoms with E-state index in [4.69, 9.17) is 9.47 Å². The van der Waals surface area contributed by atoms with Crippen molar-refractivity contribution < 1.29 is 19.1 Å². The van der Waals surface area contributed by atoms with E-state index in [0.29, 0.717) is 24.0 Å². The third kappa shape index (κ3) is 15.3. The van der Waals surface area contributed by atoms with E-state index in [-0.39, 0.29) is 23.8 Å². The van der Waals surface area contributed by atoms with Gasteiger partial charge in [0.15, 0.2) is 0 Å². The van der Waals surface area contributed by atoms with E-state index in [1.54, 1.807) is 0 Å². The van der Waals surface area contributed by atoms with Crippen molar-refractivity contribution in [2.45, 2.75) is 157 Å². The first-order valence-electron chi connectivity index (χ1n) is 15.4. The summed E-state index contributed by atoms with van der Waals surface area (Å²) in [7, 11) is 0. The van der Waals surface area contributed by atoms with Crippen molar-refractivity contribution in [1.29, 1.82) is 0 Å². The summed E-state index contributed by atoms with van der Waals surface area (Å²) in [6, 6.07) is 0. The minimum atomic E-state index is -0.0630. The molecule has 0 aromatic rings. The van der Waals surface area contributed by atoms with Gasteiger partial charge in [-0.05, 0) is 75.0 Å². The van der Waals surface area contributed by atoms with Gasteiger partial charge in [0.25, 0.3) is 0 Å². The lowest BCUT2D eigenvalue weighted by Gasteiger charge is -2.26. The maximum Gasteiger partial charge on any atom is 0.308 e. The first kappa shape index (κ1) is 33.0. The monoisotopic (exact) mass is 508 g/mol. The van der Waals surface area contributed by atoms with E-state index in [9.17, 15) is 9.59 Å². The molecule has 0 unspecified atom stereocenters. The second-order valence-electron chi connectivity index (χ2n) is 13.0. The summed E-state index contributed by atoms with van der Waals surface area (Å²) in [5.41, 5.74) is 0.856. The number of unbranched alkanes of at least 4 members (excludes halogenated alkanes) is 6. The Morgan fingerprint density at radius 2 is 0.889 bits per heavy atom. The predicted molar refractivity (Wildman–Crippen MR) is 151 cm³/mol. The molecule has 36 heavy (non-hydrogen) atoms. The summed E-state index contributed by atoms with van der Waals surface area (Å²) < 4.78 is 11.1. The molecule has 1 aliphatic rings. The number of hydrogen-bond acceptors (Lipinski definition) is 4. The number of hydrogen-bond donors (Lipinski definition) is 0. The molecule has 1 fully saturated rings. The van der Waals surface area contributed by atoms with Gasteiger partial charge in [-0.2, -0.15) is 0 Å². The lowest BCUT2D eigenvalue weighted by atomic mass is 9.82. The molecule has 0 bridgehead atoms. The fourth-order valence-electron chi connectivity index (χ4n) is 5.47. The van der Waals surface area contributed by atoms with Crippen molar-refractivity contribution in [2.24, 2.45) is 22.7 Å². The van der Waals surface area contributed by atoms with Crippen molar-refractivity contribution in [1.82, 2.24) is 0 Å². The van der Waals surface area contributed by atoms with Crippen molar-refractivity contribution in [3.05, 3.63) is 0 Å². The quantitative estimate of drug-likeness (QED) is 0.121. The van der Waals surface area contributed by atoms with Gasteiger partial charge < -0.3 is 9.47 Å². The lowest BCUT2D eigenvalue weighted by molar-refractivity contribution is -0.155. The topological polar surface area (TPSA) is 52.6 Å². The average Bonchev–Trinajstić information content (AvgIpc) is 2.85. The fraction of sp³-hybridized carbons (Fsp3) is 0.938. The molecule has 1 rings (SSSR count). The van der Waals surface area contributed by atoms with Gasteiger partial charge in [0.05, 0.1) is 25.0 Å². The molecular weight excluding hydrogens is 448 g/mol. The van der Waals surface area contributed by atoms with E-state index in [2.05, 4.69) is 41.5 Å². The zero-order valence-corrected chi connectivity index (χ0v) is 24.9. The molecule has 0 aliphatic heterocycles. The summed E-state index contributed by atoms with van der Waals surface area (Å²) >= 11 is 0. The van der Waals surface area contributed by atoms with Gasteiger partial charge in [0.1, 0.15) is 0 Å². The van der Waals surface area contributed by atoms with Gasteiger partial charge >= 0.3 is 11.9 Å². The predicted octanol–water partition coefficient (Wildman–Crippen LogP) is 9.43. The first-order chi connectivity index (χ1) is 17.1. The number of ether oxygens (including phenoxy) is 2. The Morgan fingerprint density at radius 3 is 1.22 bits per heavy atom. The van der Waals surface area contributed by atoms with E-state index >= 15 is 0 Å². The number of carbonyl (C=O) groups excluding carboxylic acids is 2. The Bertz CT molecular complexity index is 535. The largest absolute Gasteiger partial charge is 0.465 e. The molecule has 0 atom stereocenters. The van der Waals surface area contributed by atoms with E-state index in [1.807, 2.05) is 0 Å². The number of carbonyl (C=O) groups is 2. The Balaban J connectivity index is 2.08. The molecule has 0 spiro atoms. The minimum absolute atomic E-state index is 0.0434. The molecule has 212 valence electrons. The van der Waals surface area contributed by atoms with Crippen LogP contribution in [0.2, 0.25) is 0 Å². The van der Waals surface area contributed by atoms with Crippen LogP contribution in [0.25, 0.3) is 0 Å². The Labute approximate surface area is 224 Å². The molecule has 0 saturated heterocycles. The van der Waals surface area contributed by atoms with Crippen molar-refractivity contribution in [3.8, 4) is 0 Å². The molecule has 0 heterocycles. The van der Waals surface area contributed by atoms with Crippen LogP contribution in [0.3, 0.4) is 0 Å². The standard InChI is InChI=1S/C32H60O4/c1-7-9-21-31(3,4)23-13-11-15-25-35-29(33)27-17-19-28(20-18-27)30(34)36-26-16-12-14-24-32(5,6)22-10-8-2/h27-28H,7-26H2,1-6H3. The molecule has 1 aliphatic carbocycles. The molecule has 4 heteroatoms. The highest BCUT2D eigenvalue weighted by Gasteiger charge is 2.31. The maximum absolute atomic E-state index is 12.4. The zero-order chi connectivity index (χ0) is 26.9. The molecule has 0 amide bonds. The normalized spacial score (nSPS) is 18.7. The maximum atomic E-state index is 12.4. The summed E-state index contributed by atoms with van der Waals surface area (Å²) in [4.78, 5) is 24.9. The zero-order valence-electron chi connectivity index (χ0n) is 24.9. The van der Waals surface area contributed by atoms with Crippen molar-refractivity contribution in [3.63, 3.8) is 0 Å². The highest BCUT2D eigenvalue weighted by molar-refractivity contribution is 5.75. The van der Waals surface area contributed by atoms with Gasteiger partial charge in [0, 0.05) is 0 Å². The third-order valence-corrected chi connectivity index (χ3v) is 8.29. The fourth-order valence-corrected chi connectivity index (χ4v) is 5.47. The third-order valence-electron chi connectivity index (χ3n) is 8.29. The molecule has 0 aromatic heterocycles. The van der Waals surface area contributed by atoms with Crippen LogP contribution < -0.4 is 0 Å². The number of esters is 2. The molecule has 0 N–H and O–H groups in total. The minimum Gasteiger partial charge on any atom is -0.465 e. The van der Waals surface area contributed by atoms with Crippen LogP contribution in [0.4, 0.5) is 0 Å². The van der Waals surface area contributed by atoms with Crippen LogP contribution in [0.5, 0.6) is 0 Å². The number of rotatable bonds is 20. The van der Waals surface area contributed by atoms with Crippen molar-refractivity contribution >= 4 is 11.9 Å². The molecule has 0 radical (unpaired) electrons. The Hall–Kier alpha value is -1.06. The molecule has 1 saturated carbocycles. The second kappa shape index (κ2) is 18.2. The van der Waals surface area contributed by atoms with E-state index in [0.717, 1.165) is 51.4 Å². The van der Waals surface area contributed by atoms with Crippen LogP contribution in [0, 0.1) is 22.7 Å². The van der Waals surface area contributed by atoms with Crippen LogP contribution >= 0.6 is 0 Å². The highest BCUT2D eigenvalue weighted by atomic mass is 16.5.